The van der Waals surface area contributed by atoms with E-state index < -0.39 is 40.7 Å². The first-order chi connectivity index (χ1) is 15.6. The Balaban J connectivity index is 1.70. The fourth-order valence-corrected chi connectivity index (χ4v) is 2.66. The molecule has 0 unspecified atom stereocenters. The summed E-state index contributed by atoms with van der Waals surface area (Å²) in [7, 11) is 0. The number of nitro benzene ring substituents is 1. The second-order valence-corrected chi connectivity index (χ2v) is 6.58. The van der Waals surface area contributed by atoms with Crippen LogP contribution in [-0.2, 0) is 6.54 Å². The van der Waals surface area contributed by atoms with Crippen LogP contribution in [0.4, 0.5) is 23.2 Å². The summed E-state index contributed by atoms with van der Waals surface area (Å²) >= 11 is 0. The third-order valence-corrected chi connectivity index (χ3v) is 4.12. The van der Waals surface area contributed by atoms with Crippen LogP contribution in [0.5, 0.6) is 17.2 Å². The molecular formula is C21H15F4N3O5. The van der Waals surface area contributed by atoms with E-state index in [2.05, 4.69) is 15.0 Å². The van der Waals surface area contributed by atoms with Crippen molar-refractivity contribution >= 4 is 11.6 Å². The van der Waals surface area contributed by atoms with Gasteiger partial charge in [0.05, 0.1) is 11.1 Å². The predicted octanol–water partition coefficient (Wildman–Crippen LogP) is 4.79. The van der Waals surface area contributed by atoms with E-state index in [9.17, 15) is 32.5 Å². The topological polar surface area (TPSA) is 104 Å². The number of nitrogens with one attached hydrogen (secondary N) is 1. The molecule has 0 fully saturated rings. The van der Waals surface area contributed by atoms with Gasteiger partial charge >= 0.3 is 6.18 Å². The normalized spacial score (nSPS) is 11.0. The van der Waals surface area contributed by atoms with Gasteiger partial charge in [-0.3, -0.25) is 19.9 Å². The predicted molar refractivity (Wildman–Crippen MR) is 107 cm³/mol. The first-order valence-electron chi connectivity index (χ1n) is 9.25. The van der Waals surface area contributed by atoms with E-state index >= 15 is 0 Å². The van der Waals surface area contributed by atoms with Crippen LogP contribution in [0.1, 0.15) is 15.9 Å². The summed E-state index contributed by atoms with van der Waals surface area (Å²) in [6.07, 6.45) is -1.70. The number of nitro groups is 1. The zero-order chi connectivity index (χ0) is 24.0. The highest BCUT2D eigenvalue weighted by Crippen LogP contribution is 2.27. The Morgan fingerprint density at radius 3 is 2.55 bits per heavy atom. The van der Waals surface area contributed by atoms with Crippen molar-refractivity contribution in [2.75, 3.05) is 6.61 Å². The highest BCUT2D eigenvalue weighted by molar-refractivity contribution is 5.98. The van der Waals surface area contributed by atoms with Crippen molar-refractivity contribution in [3.8, 4) is 17.2 Å². The molecular weight excluding hydrogens is 450 g/mol. The number of halogens is 4. The van der Waals surface area contributed by atoms with Crippen molar-refractivity contribution in [3.63, 3.8) is 0 Å². The molecule has 0 aliphatic heterocycles. The third-order valence-electron chi connectivity index (χ3n) is 4.12. The summed E-state index contributed by atoms with van der Waals surface area (Å²) < 4.78 is 61.3. The third kappa shape index (κ3) is 6.63. The van der Waals surface area contributed by atoms with Crippen LogP contribution in [0.25, 0.3) is 0 Å². The fraction of sp³-hybridized carbons (Fsp3) is 0.143. The van der Waals surface area contributed by atoms with Crippen molar-refractivity contribution in [2.45, 2.75) is 12.7 Å². The molecule has 0 saturated heterocycles. The highest BCUT2D eigenvalue weighted by Gasteiger charge is 2.29. The zero-order valence-electron chi connectivity index (χ0n) is 16.6. The number of hydrogen-bond acceptors (Lipinski definition) is 6. The molecule has 33 heavy (non-hydrogen) atoms. The molecule has 172 valence electrons. The average molecular weight is 465 g/mol. The molecule has 0 bridgehead atoms. The van der Waals surface area contributed by atoms with E-state index in [0.29, 0.717) is 11.3 Å². The first kappa shape index (κ1) is 23.4. The lowest BCUT2D eigenvalue weighted by molar-refractivity contribution is -0.385. The maximum atomic E-state index is 14.3. The lowest BCUT2D eigenvalue weighted by Crippen LogP contribution is -2.24. The van der Waals surface area contributed by atoms with Gasteiger partial charge in [0, 0.05) is 18.8 Å². The number of rotatable bonds is 8. The monoisotopic (exact) mass is 465 g/mol. The Hall–Kier alpha value is -4.22. The Labute approximate surface area is 183 Å². The van der Waals surface area contributed by atoms with Gasteiger partial charge in [-0.15, -0.1) is 0 Å². The van der Waals surface area contributed by atoms with Crippen LogP contribution in [0.2, 0.25) is 0 Å². The van der Waals surface area contributed by atoms with Crippen LogP contribution < -0.4 is 14.8 Å². The summed E-state index contributed by atoms with van der Waals surface area (Å²) in [5.74, 6) is -1.80. The molecule has 0 radical (unpaired) electrons. The Bertz CT molecular complexity index is 1160. The van der Waals surface area contributed by atoms with Gasteiger partial charge in [-0.05, 0) is 42.0 Å². The molecule has 8 nitrogen and oxygen atoms in total. The Morgan fingerprint density at radius 1 is 1.12 bits per heavy atom. The van der Waals surface area contributed by atoms with E-state index in [4.69, 9.17) is 4.74 Å². The fourth-order valence-electron chi connectivity index (χ4n) is 2.66. The summed E-state index contributed by atoms with van der Waals surface area (Å²) in [6.45, 7) is -1.84. The maximum Gasteiger partial charge on any atom is 0.422 e. The maximum absolute atomic E-state index is 14.3. The van der Waals surface area contributed by atoms with E-state index in [1.165, 1.54) is 24.5 Å². The number of aromatic nitrogens is 1. The average Bonchev–Trinajstić information content (AvgIpc) is 2.77. The second kappa shape index (κ2) is 9.94. The molecule has 0 aliphatic carbocycles. The van der Waals surface area contributed by atoms with Crippen LogP contribution in [0, 0.1) is 15.9 Å². The molecule has 0 saturated carbocycles. The zero-order valence-corrected chi connectivity index (χ0v) is 16.6. The SMILES string of the molecule is O=C(NCc1ccc(Oc2cccnc2)c(F)c1)c1cc(OCC(F)(F)F)ccc1[N+](=O)[O-]. The number of pyridine rings is 1. The molecule has 1 heterocycles. The van der Waals surface area contributed by atoms with Gasteiger partial charge < -0.3 is 14.8 Å². The van der Waals surface area contributed by atoms with Crippen LogP contribution in [0.15, 0.2) is 60.9 Å². The van der Waals surface area contributed by atoms with E-state index in [-0.39, 0.29) is 18.0 Å². The number of benzene rings is 2. The van der Waals surface area contributed by atoms with E-state index in [0.717, 1.165) is 24.3 Å². The van der Waals surface area contributed by atoms with E-state index in [1.54, 1.807) is 12.1 Å². The number of nitrogens with zero attached hydrogens (tertiary/aromatic N) is 2. The van der Waals surface area contributed by atoms with E-state index in [1.807, 2.05) is 0 Å². The molecule has 3 rings (SSSR count). The quantitative estimate of drug-likeness (QED) is 0.291. The molecule has 1 amide bonds. The minimum absolute atomic E-state index is 0.0803. The van der Waals surface area contributed by atoms with Crippen LogP contribution in [0.3, 0.4) is 0 Å². The van der Waals surface area contributed by atoms with Gasteiger partial charge in [-0.25, -0.2) is 4.39 Å². The van der Waals surface area contributed by atoms with Crippen LogP contribution >= 0.6 is 0 Å². The molecule has 3 aromatic rings. The van der Waals surface area contributed by atoms with Gasteiger partial charge in [-0.1, -0.05) is 6.07 Å². The second-order valence-electron chi connectivity index (χ2n) is 6.58. The summed E-state index contributed by atoms with van der Waals surface area (Å²) in [5, 5.41) is 13.6. The van der Waals surface area contributed by atoms with Gasteiger partial charge in [0.15, 0.2) is 18.2 Å². The Kier molecular flexibility index (Phi) is 7.06. The first-order valence-corrected chi connectivity index (χ1v) is 9.25. The largest absolute Gasteiger partial charge is 0.484 e. The van der Waals surface area contributed by atoms with Crippen molar-refractivity contribution in [2.24, 2.45) is 0 Å². The molecule has 1 N–H and O–H groups in total. The molecule has 12 heteroatoms. The van der Waals surface area contributed by atoms with Crippen LogP contribution in [-0.4, -0.2) is 28.6 Å². The number of carbonyl (C=O) groups excluding carboxylic acids is 1. The van der Waals surface area contributed by atoms with Gasteiger partial charge in [0.25, 0.3) is 11.6 Å². The van der Waals surface area contributed by atoms with Crippen molar-refractivity contribution in [1.29, 1.82) is 0 Å². The molecule has 0 aliphatic rings. The molecule has 0 spiro atoms. The number of alkyl halides is 3. The lowest BCUT2D eigenvalue weighted by Gasteiger charge is -2.11. The standard InChI is InChI=1S/C21H15F4N3O5/c22-17-8-13(3-6-19(17)33-15-2-1-7-26-11-15)10-27-20(29)16-9-14(32-12-21(23,24)25)4-5-18(16)28(30)31/h1-9,11H,10,12H2,(H,27,29). The summed E-state index contributed by atoms with van der Waals surface area (Å²) in [6, 6.07) is 9.75. The van der Waals surface area contributed by atoms with Gasteiger partial charge in [0.1, 0.15) is 17.1 Å². The van der Waals surface area contributed by atoms with Crippen molar-refractivity contribution < 1.29 is 36.8 Å². The molecule has 1 aromatic heterocycles. The number of hydrogen-bond donors (Lipinski definition) is 1. The molecule has 0 atom stereocenters. The number of amides is 1. The Morgan fingerprint density at radius 2 is 1.91 bits per heavy atom. The number of carbonyl (C=O) groups is 1. The number of ether oxygens (including phenoxy) is 2. The highest BCUT2D eigenvalue weighted by atomic mass is 19.4. The van der Waals surface area contributed by atoms with Gasteiger partial charge in [0.2, 0.25) is 0 Å². The van der Waals surface area contributed by atoms with Crippen molar-refractivity contribution in [1.82, 2.24) is 10.3 Å². The summed E-state index contributed by atoms with van der Waals surface area (Å²) in [5.41, 5.74) is -0.818. The lowest BCUT2D eigenvalue weighted by atomic mass is 10.1. The van der Waals surface area contributed by atoms with Crippen molar-refractivity contribution in [3.05, 3.63) is 88.0 Å². The molecule has 2 aromatic carbocycles. The smallest absolute Gasteiger partial charge is 0.422 e. The minimum Gasteiger partial charge on any atom is -0.484 e. The van der Waals surface area contributed by atoms with Gasteiger partial charge in [-0.2, -0.15) is 13.2 Å². The minimum atomic E-state index is -4.62. The summed E-state index contributed by atoms with van der Waals surface area (Å²) in [4.78, 5) is 26.7.